The number of nitrogens with zero attached hydrogens (tertiary/aromatic N) is 3. The number of hydrogen-bond acceptors (Lipinski definition) is 7. The molecular weight excluding hydrogens is 400 g/mol. The Labute approximate surface area is 176 Å². The number of phenols is 1. The Balaban J connectivity index is 1.54. The topological polar surface area (TPSA) is 96.7 Å². The first-order valence-electron chi connectivity index (χ1n) is 9.09. The number of carbonyl (C=O) groups excluding carboxylic acids is 1. The second-order valence-electron chi connectivity index (χ2n) is 6.44. The van der Waals surface area contributed by atoms with E-state index in [1.54, 1.807) is 25.3 Å². The third kappa shape index (κ3) is 3.85. The van der Waals surface area contributed by atoms with E-state index in [0.29, 0.717) is 26.9 Å². The van der Waals surface area contributed by atoms with Crippen LogP contribution < -0.4 is 10.2 Å². The number of thiazole rings is 1. The Hall–Kier alpha value is -3.78. The van der Waals surface area contributed by atoms with Gasteiger partial charge in [0.1, 0.15) is 15.6 Å². The largest absolute Gasteiger partial charge is 0.504 e. The second-order valence-corrected chi connectivity index (χ2v) is 7.44. The molecule has 0 bridgehead atoms. The molecule has 0 aliphatic heterocycles. The molecule has 1 amide bonds. The average molecular weight is 418 g/mol. The molecule has 30 heavy (non-hydrogen) atoms. The van der Waals surface area contributed by atoms with E-state index in [4.69, 9.17) is 4.74 Å². The summed E-state index contributed by atoms with van der Waals surface area (Å²) in [5, 5.41) is 16.5. The lowest BCUT2D eigenvalue weighted by Gasteiger charge is -2.03. The summed E-state index contributed by atoms with van der Waals surface area (Å²) in [4.78, 5) is 22.1. The summed E-state index contributed by atoms with van der Waals surface area (Å²) >= 11 is 1.27. The van der Waals surface area contributed by atoms with Crippen molar-refractivity contribution in [1.29, 1.82) is 0 Å². The van der Waals surface area contributed by atoms with Crippen molar-refractivity contribution < 1.29 is 14.6 Å². The van der Waals surface area contributed by atoms with Gasteiger partial charge in [0.15, 0.2) is 11.5 Å². The summed E-state index contributed by atoms with van der Waals surface area (Å²) in [6.07, 6.45) is 3.18. The molecule has 0 atom stereocenters. The number of phenolic OH excluding ortho intramolecular Hbond substituents is 1. The lowest BCUT2D eigenvalue weighted by Crippen LogP contribution is -2.17. The number of aromatic hydroxyl groups is 1. The van der Waals surface area contributed by atoms with Crippen LogP contribution in [0.4, 0.5) is 0 Å². The highest BCUT2D eigenvalue weighted by Gasteiger charge is 2.18. The fourth-order valence-corrected chi connectivity index (χ4v) is 3.97. The van der Waals surface area contributed by atoms with Crippen molar-refractivity contribution in [2.24, 2.45) is 5.10 Å². The van der Waals surface area contributed by atoms with Gasteiger partial charge in [0.05, 0.1) is 19.0 Å². The molecule has 8 heteroatoms. The summed E-state index contributed by atoms with van der Waals surface area (Å²) < 4.78 is 5.00. The molecule has 0 saturated carbocycles. The predicted molar refractivity (Wildman–Crippen MR) is 117 cm³/mol. The number of pyridine rings is 1. The van der Waals surface area contributed by atoms with Gasteiger partial charge in [0.2, 0.25) is 0 Å². The first-order chi connectivity index (χ1) is 14.6. The van der Waals surface area contributed by atoms with Gasteiger partial charge in [-0.25, -0.2) is 10.4 Å². The summed E-state index contributed by atoms with van der Waals surface area (Å²) in [7, 11) is 1.47. The van der Waals surface area contributed by atoms with Crippen LogP contribution in [0.1, 0.15) is 20.9 Å². The quantitative estimate of drug-likeness (QED) is 0.375. The molecule has 2 aromatic carbocycles. The minimum atomic E-state index is -0.356. The van der Waals surface area contributed by atoms with Crippen molar-refractivity contribution in [1.82, 2.24) is 15.4 Å². The van der Waals surface area contributed by atoms with E-state index in [-0.39, 0.29) is 11.7 Å². The van der Waals surface area contributed by atoms with Gasteiger partial charge >= 0.3 is 0 Å². The van der Waals surface area contributed by atoms with Gasteiger partial charge in [0, 0.05) is 11.6 Å². The normalized spacial score (nSPS) is 11.1. The van der Waals surface area contributed by atoms with Gasteiger partial charge in [-0.05, 0) is 42.1 Å². The van der Waals surface area contributed by atoms with Crippen LogP contribution in [0.2, 0.25) is 0 Å². The van der Waals surface area contributed by atoms with Gasteiger partial charge in [0.25, 0.3) is 5.91 Å². The van der Waals surface area contributed by atoms with E-state index < -0.39 is 0 Å². The van der Waals surface area contributed by atoms with E-state index in [2.05, 4.69) is 20.5 Å². The molecule has 0 aliphatic rings. The molecule has 0 spiro atoms. The van der Waals surface area contributed by atoms with Crippen molar-refractivity contribution in [3.63, 3.8) is 0 Å². The molecule has 150 valence electrons. The van der Waals surface area contributed by atoms with Crippen molar-refractivity contribution >= 4 is 34.2 Å². The number of ether oxygens (including phenoxy) is 1. The summed E-state index contributed by atoms with van der Waals surface area (Å²) in [5.41, 5.74) is 4.48. The number of aryl methyl sites for hydroxylation is 1. The molecule has 0 saturated heterocycles. The summed E-state index contributed by atoms with van der Waals surface area (Å²) in [6.45, 7) is 1.78. The van der Waals surface area contributed by atoms with Crippen LogP contribution in [0.3, 0.4) is 0 Å². The smallest absolute Gasteiger partial charge is 0.283 e. The zero-order valence-electron chi connectivity index (χ0n) is 16.3. The number of amides is 1. The molecule has 0 radical (unpaired) electrons. The fraction of sp³-hybridized carbons (Fsp3) is 0.0909. The third-order valence-electron chi connectivity index (χ3n) is 4.46. The Kier molecular flexibility index (Phi) is 5.40. The molecule has 4 rings (SSSR count). The number of carbonyl (C=O) groups is 1. The molecule has 0 unspecified atom stereocenters. The van der Waals surface area contributed by atoms with Crippen LogP contribution in [-0.2, 0) is 0 Å². The zero-order valence-corrected chi connectivity index (χ0v) is 17.1. The van der Waals surface area contributed by atoms with Gasteiger partial charge < -0.3 is 9.84 Å². The standard InChI is InChI=1S/C22H18N4O3S/c1-13-20(21(28)26-24-12-14-7-8-18(29-2)17(27)11-14)30-22(25-13)19-16-6-4-3-5-15(16)9-10-23-19/h3-12,27H,1-2H3,(H,26,28)/b24-12+. The molecule has 2 N–H and O–H groups in total. The Morgan fingerprint density at radius 3 is 2.87 bits per heavy atom. The molecular formula is C22H18N4O3S. The molecule has 0 fully saturated rings. The number of rotatable bonds is 5. The highest BCUT2D eigenvalue weighted by atomic mass is 32.1. The lowest BCUT2D eigenvalue weighted by atomic mass is 10.1. The number of benzene rings is 2. The molecule has 4 aromatic rings. The SMILES string of the molecule is COc1ccc(/C=N/NC(=O)c2sc(-c3nccc4ccccc34)nc2C)cc1O. The summed E-state index contributed by atoms with van der Waals surface area (Å²) in [6, 6.07) is 14.7. The predicted octanol–water partition coefficient (Wildman–Crippen LogP) is 4.14. The Morgan fingerprint density at radius 2 is 2.07 bits per heavy atom. The van der Waals surface area contributed by atoms with Gasteiger partial charge in [-0.2, -0.15) is 5.10 Å². The maximum absolute atomic E-state index is 12.6. The minimum Gasteiger partial charge on any atom is -0.504 e. The first kappa shape index (κ1) is 19.5. The highest BCUT2D eigenvalue weighted by Crippen LogP contribution is 2.31. The van der Waals surface area contributed by atoms with Crippen LogP contribution in [0, 0.1) is 6.92 Å². The van der Waals surface area contributed by atoms with Crippen molar-refractivity contribution in [3.05, 3.63) is 70.9 Å². The van der Waals surface area contributed by atoms with Crippen LogP contribution in [0.15, 0.2) is 59.8 Å². The lowest BCUT2D eigenvalue weighted by molar-refractivity contribution is 0.0958. The van der Waals surface area contributed by atoms with E-state index >= 15 is 0 Å². The van der Waals surface area contributed by atoms with Crippen LogP contribution in [-0.4, -0.2) is 34.3 Å². The Morgan fingerprint density at radius 1 is 1.23 bits per heavy atom. The maximum atomic E-state index is 12.6. The van der Waals surface area contributed by atoms with Crippen LogP contribution in [0.5, 0.6) is 11.5 Å². The number of nitrogens with one attached hydrogen (secondary N) is 1. The minimum absolute atomic E-state index is 0.00157. The molecule has 7 nitrogen and oxygen atoms in total. The van der Waals surface area contributed by atoms with Crippen LogP contribution >= 0.6 is 11.3 Å². The number of methoxy groups -OCH3 is 1. The Bertz CT molecular complexity index is 1260. The molecule has 2 aromatic heterocycles. The van der Waals surface area contributed by atoms with Gasteiger partial charge in [-0.3, -0.25) is 9.78 Å². The fourth-order valence-electron chi connectivity index (χ4n) is 3.00. The van der Waals surface area contributed by atoms with Crippen LogP contribution in [0.25, 0.3) is 21.5 Å². The molecule has 2 heterocycles. The zero-order chi connectivity index (χ0) is 21.1. The highest BCUT2D eigenvalue weighted by molar-refractivity contribution is 7.17. The van der Waals surface area contributed by atoms with Crippen molar-refractivity contribution in [3.8, 4) is 22.2 Å². The maximum Gasteiger partial charge on any atom is 0.283 e. The third-order valence-corrected chi connectivity index (χ3v) is 5.62. The average Bonchev–Trinajstić information content (AvgIpc) is 3.15. The number of hydrazone groups is 1. The van der Waals surface area contributed by atoms with Gasteiger partial charge in [-0.15, -0.1) is 11.3 Å². The molecule has 0 aliphatic carbocycles. The van der Waals surface area contributed by atoms with E-state index in [1.165, 1.54) is 30.7 Å². The number of aromatic nitrogens is 2. The van der Waals surface area contributed by atoms with E-state index in [1.807, 2.05) is 30.3 Å². The van der Waals surface area contributed by atoms with E-state index in [9.17, 15) is 9.90 Å². The second kappa shape index (κ2) is 8.30. The monoisotopic (exact) mass is 418 g/mol. The number of fused-ring (bicyclic) bond motifs is 1. The number of hydrogen-bond donors (Lipinski definition) is 2. The first-order valence-corrected chi connectivity index (χ1v) is 9.90. The van der Waals surface area contributed by atoms with E-state index in [0.717, 1.165) is 16.5 Å². The summed E-state index contributed by atoms with van der Waals surface area (Å²) in [5.74, 6) is 0.00909. The van der Waals surface area contributed by atoms with Crippen molar-refractivity contribution in [2.45, 2.75) is 6.92 Å². The van der Waals surface area contributed by atoms with Gasteiger partial charge in [-0.1, -0.05) is 24.3 Å². The van der Waals surface area contributed by atoms with Crippen molar-refractivity contribution in [2.75, 3.05) is 7.11 Å².